The maximum absolute atomic E-state index is 14.0. The fraction of sp³-hybridized carbons (Fsp3) is 0.190. The average molecular weight is 376 g/mol. The second kappa shape index (κ2) is 9.33. The third-order valence-electron chi connectivity index (χ3n) is 4.31. The zero-order valence-electron chi connectivity index (χ0n) is 15.6. The number of hydrogen-bond acceptors (Lipinski definition) is 3. The van der Waals surface area contributed by atoms with Gasteiger partial charge in [-0.3, -0.25) is 9.67 Å². The summed E-state index contributed by atoms with van der Waals surface area (Å²) in [6.45, 7) is 1.53. The number of rotatable bonds is 6. The lowest BCUT2D eigenvalue weighted by molar-refractivity contribution is 0.604. The van der Waals surface area contributed by atoms with Crippen molar-refractivity contribution in [3.63, 3.8) is 0 Å². The lowest BCUT2D eigenvalue weighted by Crippen LogP contribution is -2.36. The zero-order chi connectivity index (χ0) is 19.8. The number of aromatic nitrogens is 2. The van der Waals surface area contributed by atoms with Gasteiger partial charge in [0, 0.05) is 38.1 Å². The van der Waals surface area contributed by atoms with E-state index in [9.17, 15) is 4.39 Å². The van der Waals surface area contributed by atoms with E-state index < -0.39 is 5.82 Å². The van der Waals surface area contributed by atoms with E-state index in [4.69, 9.17) is 5.26 Å². The van der Waals surface area contributed by atoms with Crippen LogP contribution in [0.5, 0.6) is 0 Å². The van der Waals surface area contributed by atoms with Crippen LogP contribution in [0.25, 0.3) is 0 Å². The second-order valence-corrected chi connectivity index (χ2v) is 6.17. The molecule has 3 rings (SSSR count). The summed E-state index contributed by atoms with van der Waals surface area (Å²) in [5.41, 5.74) is 3.07. The van der Waals surface area contributed by atoms with Gasteiger partial charge in [-0.25, -0.2) is 4.39 Å². The van der Waals surface area contributed by atoms with Crippen LogP contribution in [0.2, 0.25) is 0 Å². The van der Waals surface area contributed by atoms with Gasteiger partial charge in [-0.2, -0.15) is 10.4 Å². The van der Waals surface area contributed by atoms with Crippen LogP contribution in [0.15, 0.2) is 65.9 Å². The van der Waals surface area contributed by atoms with E-state index in [0.29, 0.717) is 30.2 Å². The highest BCUT2D eigenvalue weighted by atomic mass is 19.1. The molecule has 1 aromatic heterocycles. The molecule has 2 aromatic carbocycles. The van der Waals surface area contributed by atoms with Crippen molar-refractivity contribution >= 4 is 5.96 Å². The minimum atomic E-state index is -0.411. The summed E-state index contributed by atoms with van der Waals surface area (Å²) in [4.78, 5) is 4.19. The predicted octanol–water partition coefficient (Wildman–Crippen LogP) is 2.81. The maximum Gasteiger partial charge on any atom is 0.191 e. The minimum absolute atomic E-state index is 0.270. The molecular weight excluding hydrogens is 355 g/mol. The van der Waals surface area contributed by atoms with E-state index >= 15 is 0 Å². The summed E-state index contributed by atoms with van der Waals surface area (Å²) >= 11 is 0. The molecule has 0 aliphatic carbocycles. The van der Waals surface area contributed by atoms with Gasteiger partial charge in [-0.1, -0.05) is 30.3 Å². The summed E-state index contributed by atoms with van der Waals surface area (Å²) in [7, 11) is 1.67. The lowest BCUT2D eigenvalue weighted by atomic mass is 10.1. The molecule has 0 saturated carbocycles. The Labute approximate surface area is 163 Å². The van der Waals surface area contributed by atoms with Crippen LogP contribution in [0.4, 0.5) is 4.39 Å². The van der Waals surface area contributed by atoms with Gasteiger partial charge >= 0.3 is 0 Å². The van der Waals surface area contributed by atoms with Crippen molar-refractivity contribution in [2.24, 2.45) is 4.99 Å². The highest BCUT2D eigenvalue weighted by Gasteiger charge is 2.07. The van der Waals surface area contributed by atoms with Crippen LogP contribution < -0.4 is 10.6 Å². The van der Waals surface area contributed by atoms with Crippen LogP contribution in [-0.2, 0) is 19.6 Å². The molecule has 2 N–H and O–H groups in total. The predicted molar refractivity (Wildman–Crippen MR) is 106 cm³/mol. The van der Waals surface area contributed by atoms with Crippen LogP contribution in [0.3, 0.4) is 0 Å². The Balaban J connectivity index is 1.60. The average Bonchev–Trinajstić information content (AvgIpc) is 3.23. The number of nitriles is 1. The Kier molecular flexibility index (Phi) is 6.37. The summed E-state index contributed by atoms with van der Waals surface area (Å²) in [5.74, 6) is 0.157. The topological polar surface area (TPSA) is 78.0 Å². The first-order valence-electron chi connectivity index (χ1n) is 8.87. The minimum Gasteiger partial charge on any atom is -0.352 e. The molecule has 0 amide bonds. The van der Waals surface area contributed by atoms with Crippen LogP contribution in [0.1, 0.15) is 22.3 Å². The summed E-state index contributed by atoms with van der Waals surface area (Å²) < 4.78 is 15.9. The summed E-state index contributed by atoms with van der Waals surface area (Å²) in [6, 6.07) is 16.4. The summed E-state index contributed by atoms with van der Waals surface area (Å²) in [5, 5.41) is 19.4. The monoisotopic (exact) mass is 376 g/mol. The molecule has 28 heavy (non-hydrogen) atoms. The van der Waals surface area contributed by atoms with Crippen LogP contribution in [-0.4, -0.2) is 22.8 Å². The Bertz CT molecular complexity index is 988. The van der Waals surface area contributed by atoms with E-state index in [1.54, 1.807) is 25.4 Å². The highest BCUT2D eigenvalue weighted by Crippen LogP contribution is 2.11. The highest BCUT2D eigenvalue weighted by molar-refractivity contribution is 5.79. The largest absolute Gasteiger partial charge is 0.352 e. The first-order valence-corrected chi connectivity index (χ1v) is 8.87. The molecule has 0 radical (unpaired) electrons. The Hall–Kier alpha value is -3.66. The molecule has 1 heterocycles. The molecule has 0 atom stereocenters. The molecule has 142 valence electrons. The molecule has 0 saturated heterocycles. The normalized spacial score (nSPS) is 11.1. The van der Waals surface area contributed by atoms with Crippen LogP contribution >= 0.6 is 0 Å². The molecule has 0 spiro atoms. The second-order valence-electron chi connectivity index (χ2n) is 6.17. The molecule has 0 aliphatic heterocycles. The first-order chi connectivity index (χ1) is 13.7. The SMILES string of the molecule is CN=C(NCc1ccc(C#N)cc1F)NCc1ccccc1Cn1cccn1. The summed E-state index contributed by atoms with van der Waals surface area (Å²) in [6.07, 6.45) is 3.69. The van der Waals surface area contributed by atoms with Gasteiger partial charge in [0.1, 0.15) is 5.82 Å². The fourth-order valence-electron chi connectivity index (χ4n) is 2.79. The number of benzene rings is 2. The van der Waals surface area contributed by atoms with Gasteiger partial charge in [-0.05, 0) is 29.3 Å². The van der Waals surface area contributed by atoms with Gasteiger partial charge in [0.05, 0.1) is 18.2 Å². The smallest absolute Gasteiger partial charge is 0.191 e. The van der Waals surface area contributed by atoms with Gasteiger partial charge in [0.2, 0.25) is 0 Å². The van der Waals surface area contributed by atoms with E-state index in [0.717, 1.165) is 11.1 Å². The third-order valence-corrected chi connectivity index (χ3v) is 4.31. The van der Waals surface area contributed by atoms with E-state index in [1.807, 2.05) is 35.1 Å². The van der Waals surface area contributed by atoms with Gasteiger partial charge in [0.25, 0.3) is 0 Å². The fourth-order valence-corrected chi connectivity index (χ4v) is 2.79. The van der Waals surface area contributed by atoms with Crippen molar-refractivity contribution in [3.8, 4) is 6.07 Å². The first kappa shape index (κ1) is 19.1. The molecule has 0 aliphatic rings. The van der Waals surface area contributed by atoms with Crippen molar-refractivity contribution in [2.75, 3.05) is 7.05 Å². The molecule has 3 aromatic rings. The zero-order valence-corrected chi connectivity index (χ0v) is 15.6. The van der Waals surface area contributed by atoms with E-state index in [-0.39, 0.29) is 6.54 Å². The van der Waals surface area contributed by atoms with E-state index in [2.05, 4.69) is 32.9 Å². The Morgan fingerprint density at radius 1 is 1.11 bits per heavy atom. The van der Waals surface area contributed by atoms with Crippen LogP contribution in [0, 0.1) is 17.1 Å². The standard InChI is InChI=1S/C21H21FN6/c1-24-21(26-14-18-8-7-16(12-23)11-20(18)22)25-13-17-5-2-3-6-19(17)15-28-10-4-9-27-28/h2-11H,13-15H2,1H3,(H2,24,25,26). The maximum atomic E-state index is 14.0. The van der Waals surface area contributed by atoms with Gasteiger partial charge in [0.15, 0.2) is 5.96 Å². The van der Waals surface area contributed by atoms with Crippen molar-refractivity contribution in [2.45, 2.75) is 19.6 Å². The molecule has 7 heteroatoms. The van der Waals surface area contributed by atoms with Crippen molar-refractivity contribution in [1.82, 2.24) is 20.4 Å². The molecule has 6 nitrogen and oxygen atoms in total. The van der Waals surface area contributed by atoms with Gasteiger partial charge < -0.3 is 10.6 Å². The van der Waals surface area contributed by atoms with Gasteiger partial charge in [-0.15, -0.1) is 0 Å². The number of aliphatic imine (C=N–C) groups is 1. The molecule has 0 fully saturated rings. The van der Waals surface area contributed by atoms with Crippen molar-refractivity contribution in [1.29, 1.82) is 5.26 Å². The number of hydrogen-bond donors (Lipinski definition) is 2. The number of guanidine groups is 1. The number of halogens is 1. The molecule has 0 bridgehead atoms. The Morgan fingerprint density at radius 3 is 2.50 bits per heavy atom. The van der Waals surface area contributed by atoms with E-state index in [1.165, 1.54) is 6.07 Å². The van der Waals surface area contributed by atoms with Crippen molar-refractivity contribution in [3.05, 3.63) is 89.0 Å². The lowest BCUT2D eigenvalue weighted by Gasteiger charge is -2.15. The Morgan fingerprint density at radius 2 is 1.86 bits per heavy atom. The molecular formula is C21H21FN6. The quantitative estimate of drug-likeness (QED) is 0.512. The number of nitrogens with one attached hydrogen (secondary N) is 2. The third kappa shape index (κ3) is 4.95. The number of nitrogens with zero attached hydrogens (tertiary/aromatic N) is 4. The van der Waals surface area contributed by atoms with Crippen molar-refractivity contribution < 1.29 is 4.39 Å². The molecule has 0 unspecified atom stereocenters.